The molecule has 0 rings (SSSR count). The molecule has 0 unspecified atom stereocenters. The summed E-state index contributed by atoms with van der Waals surface area (Å²) in [6, 6.07) is 0. The highest BCUT2D eigenvalue weighted by molar-refractivity contribution is 5.87. The predicted molar refractivity (Wildman–Crippen MR) is 104 cm³/mol. The summed E-state index contributed by atoms with van der Waals surface area (Å²) in [6.07, 6.45) is 0. The summed E-state index contributed by atoms with van der Waals surface area (Å²) < 4.78 is 21.2. The molecule has 0 bridgehead atoms. The minimum Gasteiger partial charge on any atom is -0.377 e. The van der Waals surface area contributed by atoms with Gasteiger partial charge in [0.15, 0.2) is 5.78 Å². The van der Waals surface area contributed by atoms with Crippen LogP contribution in [-0.2, 0) is 33.3 Å². The van der Waals surface area contributed by atoms with Crippen LogP contribution in [0.15, 0.2) is 0 Å². The van der Waals surface area contributed by atoms with E-state index in [2.05, 4.69) is 10.6 Å². The van der Waals surface area contributed by atoms with Crippen molar-refractivity contribution in [1.82, 2.24) is 10.6 Å². The smallest absolute Gasteiger partial charge is 0.246 e. The molecule has 0 atom stereocenters. The molecule has 0 aromatic heterocycles. The van der Waals surface area contributed by atoms with Gasteiger partial charge < -0.3 is 29.6 Å². The van der Waals surface area contributed by atoms with Gasteiger partial charge in [-0.2, -0.15) is 0 Å². The first-order chi connectivity index (χ1) is 13.3. The van der Waals surface area contributed by atoms with Crippen molar-refractivity contribution >= 4 is 17.6 Å². The third-order valence-corrected chi connectivity index (χ3v) is 3.52. The summed E-state index contributed by atoms with van der Waals surface area (Å²) in [5, 5.41) is 5.27. The first-order valence-electron chi connectivity index (χ1n) is 9.72. The zero-order valence-corrected chi connectivity index (χ0v) is 17.6. The van der Waals surface area contributed by atoms with Crippen molar-refractivity contribution < 1.29 is 33.3 Å². The lowest BCUT2D eigenvalue weighted by atomic mass is 10.1. The van der Waals surface area contributed by atoms with Crippen molar-refractivity contribution in [1.29, 1.82) is 0 Å². The van der Waals surface area contributed by atoms with Gasteiger partial charge in [0.25, 0.3) is 0 Å². The molecule has 9 nitrogen and oxygen atoms in total. The third kappa shape index (κ3) is 16.6. The topological polar surface area (TPSA) is 112 Å². The SMILES string of the molecule is CC(C)C(=O)CNC(=O)COCCOCCOCCOCCNC(=O)C(C)C. The summed E-state index contributed by atoms with van der Waals surface area (Å²) in [5.41, 5.74) is 0. The normalized spacial score (nSPS) is 11.1. The second kappa shape index (κ2) is 17.5. The van der Waals surface area contributed by atoms with Crippen LogP contribution in [0.4, 0.5) is 0 Å². The highest BCUT2D eigenvalue weighted by atomic mass is 16.6. The highest BCUT2D eigenvalue weighted by Gasteiger charge is 2.09. The van der Waals surface area contributed by atoms with Gasteiger partial charge in [-0.1, -0.05) is 27.7 Å². The highest BCUT2D eigenvalue weighted by Crippen LogP contribution is 1.92. The van der Waals surface area contributed by atoms with E-state index in [1.54, 1.807) is 13.8 Å². The standard InChI is InChI=1S/C19H36N2O7/c1-15(2)17(22)13-21-18(23)14-28-12-11-27-10-9-26-8-7-25-6-5-20-19(24)16(3)4/h15-16H,5-14H2,1-4H3,(H,20,24)(H,21,23). The van der Waals surface area contributed by atoms with E-state index < -0.39 is 0 Å². The molecule has 0 radical (unpaired) electrons. The second-order valence-corrected chi connectivity index (χ2v) is 6.73. The zero-order valence-electron chi connectivity index (χ0n) is 17.6. The molecule has 0 aliphatic carbocycles. The van der Waals surface area contributed by atoms with Gasteiger partial charge in [0.2, 0.25) is 11.8 Å². The predicted octanol–water partition coefficient (Wildman–Crippen LogP) is 0.166. The monoisotopic (exact) mass is 404 g/mol. The number of nitrogens with one attached hydrogen (secondary N) is 2. The number of ketones is 1. The molecule has 0 aliphatic rings. The number of carbonyl (C=O) groups is 3. The van der Waals surface area contributed by atoms with Crippen LogP contribution >= 0.6 is 0 Å². The van der Waals surface area contributed by atoms with Gasteiger partial charge >= 0.3 is 0 Å². The summed E-state index contributed by atoms with van der Waals surface area (Å²) in [6.45, 7) is 10.5. The number of ether oxygens (including phenoxy) is 4. The lowest BCUT2D eigenvalue weighted by molar-refractivity contribution is -0.129. The molecule has 28 heavy (non-hydrogen) atoms. The molecule has 0 spiro atoms. The fraction of sp³-hybridized carbons (Fsp3) is 0.842. The van der Waals surface area contributed by atoms with E-state index in [0.29, 0.717) is 46.2 Å². The van der Waals surface area contributed by atoms with Crippen molar-refractivity contribution in [2.75, 3.05) is 65.9 Å². The van der Waals surface area contributed by atoms with E-state index >= 15 is 0 Å². The van der Waals surface area contributed by atoms with Gasteiger partial charge in [-0.25, -0.2) is 0 Å². The van der Waals surface area contributed by atoms with Crippen LogP contribution in [0, 0.1) is 11.8 Å². The summed E-state index contributed by atoms with van der Waals surface area (Å²) in [7, 11) is 0. The van der Waals surface area contributed by atoms with Gasteiger partial charge in [0, 0.05) is 18.4 Å². The number of carbonyl (C=O) groups excluding carboxylic acids is 3. The maximum absolute atomic E-state index is 11.5. The maximum atomic E-state index is 11.5. The lowest BCUT2D eigenvalue weighted by Crippen LogP contribution is -2.34. The second-order valence-electron chi connectivity index (χ2n) is 6.73. The number of Topliss-reactive ketones (excluding diaryl/α,β-unsaturated/α-hetero) is 1. The van der Waals surface area contributed by atoms with Crippen LogP contribution in [0.25, 0.3) is 0 Å². The fourth-order valence-corrected chi connectivity index (χ4v) is 1.72. The molecule has 0 aliphatic heterocycles. The summed E-state index contributed by atoms with van der Waals surface area (Å²) >= 11 is 0. The Balaban J connectivity index is 3.26. The van der Waals surface area contributed by atoms with Gasteiger partial charge in [0.1, 0.15) is 6.61 Å². The van der Waals surface area contributed by atoms with E-state index in [1.807, 2.05) is 13.8 Å². The Morgan fingerprint density at radius 2 is 1.18 bits per heavy atom. The van der Waals surface area contributed by atoms with Crippen LogP contribution in [-0.4, -0.2) is 83.5 Å². The molecule has 0 fully saturated rings. The van der Waals surface area contributed by atoms with Gasteiger partial charge in [0.05, 0.1) is 52.8 Å². The molecule has 9 heteroatoms. The minimum absolute atomic E-state index is 0.0139. The van der Waals surface area contributed by atoms with Crippen LogP contribution in [0.5, 0.6) is 0 Å². The molecule has 0 aromatic rings. The molecule has 2 N–H and O–H groups in total. The Bertz CT molecular complexity index is 442. The fourth-order valence-electron chi connectivity index (χ4n) is 1.72. The van der Waals surface area contributed by atoms with Crippen LogP contribution in [0.3, 0.4) is 0 Å². The summed E-state index contributed by atoms with van der Waals surface area (Å²) in [4.78, 5) is 34.1. The Labute approximate surface area is 167 Å². The van der Waals surface area contributed by atoms with Crippen LogP contribution < -0.4 is 10.6 Å². The van der Waals surface area contributed by atoms with Gasteiger partial charge in [-0.3, -0.25) is 14.4 Å². The average Bonchev–Trinajstić information content (AvgIpc) is 2.65. The number of hydrogen-bond acceptors (Lipinski definition) is 7. The van der Waals surface area contributed by atoms with Crippen molar-refractivity contribution in [3.05, 3.63) is 0 Å². The number of hydrogen-bond donors (Lipinski definition) is 2. The molecule has 0 saturated heterocycles. The molecule has 0 heterocycles. The number of amides is 2. The maximum Gasteiger partial charge on any atom is 0.246 e. The number of rotatable bonds is 18. The van der Waals surface area contributed by atoms with Crippen LogP contribution in [0.2, 0.25) is 0 Å². The molecule has 164 valence electrons. The minimum atomic E-state index is -0.318. The van der Waals surface area contributed by atoms with E-state index in [-0.39, 0.29) is 49.2 Å². The summed E-state index contributed by atoms with van der Waals surface area (Å²) in [5.74, 6) is -0.434. The molecular weight excluding hydrogens is 368 g/mol. The quantitative estimate of drug-likeness (QED) is 0.313. The molecular formula is C19H36N2O7. The molecule has 2 amide bonds. The van der Waals surface area contributed by atoms with Crippen LogP contribution in [0.1, 0.15) is 27.7 Å². The Morgan fingerprint density at radius 1 is 0.679 bits per heavy atom. The van der Waals surface area contributed by atoms with Gasteiger partial charge in [-0.05, 0) is 0 Å². The zero-order chi connectivity index (χ0) is 21.2. The van der Waals surface area contributed by atoms with E-state index in [0.717, 1.165) is 0 Å². The Kier molecular flexibility index (Phi) is 16.6. The van der Waals surface area contributed by atoms with E-state index in [4.69, 9.17) is 18.9 Å². The van der Waals surface area contributed by atoms with Crippen molar-refractivity contribution in [2.24, 2.45) is 11.8 Å². The van der Waals surface area contributed by atoms with Gasteiger partial charge in [-0.15, -0.1) is 0 Å². The van der Waals surface area contributed by atoms with E-state index in [9.17, 15) is 14.4 Å². The Morgan fingerprint density at radius 3 is 1.68 bits per heavy atom. The first-order valence-corrected chi connectivity index (χ1v) is 9.72. The van der Waals surface area contributed by atoms with E-state index in [1.165, 1.54) is 0 Å². The average molecular weight is 405 g/mol. The molecule has 0 saturated carbocycles. The van der Waals surface area contributed by atoms with Crippen molar-refractivity contribution in [2.45, 2.75) is 27.7 Å². The molecule has 0 aromatic carbocycles. The van der Waals surface area contributed by atoms with Crippen molar-refractivity contribution in [3.8, 4) is 0 Å². The first kappa shape index (κ1) is 26.4. The largest absolute Gasteiger partial charge is 0.377 e. The third-order valence-electron chi connectivity index (χ3n) is 3.52. The Hall–Kier alpha value is -1.55. The van der Waals surface area contributed by atoms with Crippen molar-refractivity contribution in [3.63, 3.8) is 0 Å². The lowest BCUT2D eigenvalue weighted by Gasteiger charge is -2.09.